The standard InChI is InChI=1S/C12H21N3O3S/c1-4-7-13-10(11(16)17-5-2)6-8-19-12-15-14-9(3)18-12/h10,13H,4-8H2,1-3H3. The summed E-state index contributed by atoms with van der Waals surface area (Å²) >= 11 is 1.45. The molecule has 0 fully saturated rings. The molecule has 0 radical (unpaired) electrons. The van der Waals surface area contributed by atoms with E-state index in [9.17, 15) is 4.79 Å². The molecule has 0 bridgehead atoms. The molecule has 1 N–H and O–H groups in total. The van der Waals surface area contributed by atoms with E-state index in [0.717, 1.165) is 18.7 Å². The minimum atomic E-state index is -0.267. The fourth-order valence-electron chi connectivity index (χ4n) is 1.47. The lowest BCUT2D eigenvalue weighted by Gasteiger charge is -2.16. The van der Waals surface area contributed by atoms with Gasteiger partial charge < -0.3 is 14.5 Å². The molecule has 0 aliphatic rings. The lowest BCUT2D eigenvalue weighted by Crippen LogP contribution is -2.39. The molecule has 1 unspecified atom stereocenters. The molecule has 1 atom stereocenters. The summed E-state index contributed by atoms with van der Waals surface area (Å²) in [6.07, 6.45) is 1.65. The summed E-state index contributed by atoms with van der Waals surface area (Å²) in [4.78, 5) is 11.8. The number of esters is 1. The van der Waals surface area contributed by atoms with Crippen molar-refractivity contribution in [1.29, 1.82) is 0 Å². The Kier molecular flexibility index (Phi) is 7.50. The van der Waals surface area contributed by atoms with Gasteiger partial charge >= 0.3 is 5.97 Å². The third-order valence-corrected chi connectivity index (χ3v) is 3.20. The minimum Gasteiger partial charge on any atom is -0.465 e. The van der Waals surface area contributed by atoms with Crippen LogP contribution in [0.4, 0.5) is 0 Å². The number of hydrogen-bond donors (Lipinski definition) is 1. The first-order chi connectivity index (χ1) is 9.17. The van der Waals surface area contributed by atoms with Crippen LogP contribution in [-0.2, 0) is 9.53 Å². The highest BCUT2D eigenvalue weighted by atomic mass is 32.2. The van der Waals surface area contributed by atoms with Crippen LogP contribution in [-0.4, -0.2) is 41.1 Å². The van der Waals surface area contributed by atoms with Crippen LogP contribution in [0.1, 0.15) is 32.6 Å². The van der Waals surface area contributed by atoms with Gasteiger partial charge in [0.15, 0.2) is 0 Å². The van der Waals surface area contributed by atoms with Crippen molar-refractivity contribution in [2.45, 2.75) is 44.9 Å². The quantitative estimate of drug-likeness (QED) is 0.548. The number of aromatic nitrogens is 2. The van der Waals surface area contributed by atoms with Crippen LogP contribution in [0.25, 0.3) is 0 Å². The first kappa shape index (κ1) is 16.0. The zero-order chi connectivity index (χ0) is 14.1. The highest BCUT2D eigenvalue weighted by molar-refractivity contribution is 7.99. The van der Waals surface area contributed by atoms with Gasteiger partial charge in [0.1, 0.15) is 6.04 Å². The average molecular weight is 287 g/mol. The predicted octanol–water partition coefficient (Wildman–Crippen LogP) is 1.79. The molecule has 108 valence electrons. The molecule has 7 heteroatoms. The summed E-state index contributed by atoms with van der Waals surface area (Å²) in [5.74, 6) is 1.08. The largest absolute Gasteiger partial charge is 0.465 e. The van der Waals surface area contributed by atoms with Crippen LogP contribution in [0.3, 0.4) is 0 Å². The van der Waals surface area contributed by atoms with E-state index < -0.39 is 0 Å². The summed E-state index contributed by atoms with van der Waals surface area (Å²) in [6.45, 7) is 6.82. The molecular weight excluding hydrogens is 266 g/mol. The van der Waals surface area contributed by atoms with Crippen LogP contribution in [0.2, 0.25) is 0 Å². The van der Waals surface area contributed by atoms with Gasteiger partial charge in [0.05, 0.1) is 6.61 Å². The third-order valence-electron chi connectivity index (χ3n) is 2.35. The lowest BCUT2D eigenvalue weighted by atomic mass is 10.2. The molecule has 6 nitrogen and oxygen atoms in total. The lowest BCUT2D eigenvalue weighted by molar-refractivity contribution is -0.145. The maximum Gasteiger partial charge on any atom is 0.323 e. The van der Waals surface area contributed by atoms with Crippen molar-refractivity contribution in [1.82, 2.24) is 15.5 Å². The predicted molar refractivity (Wildman–Crippen MR) is 73.1 cm³/mol. The Hall–Kier alpha value is -1.08. The van der Waals surface area contributed by atoms with Gasteiger partial charge in [0.2, 0.25) is 5.89 Å². The normalized spacial score (nSPS) is 12.4. The van der Waals surface area contributed by atoms with Crippen LogP contribution in [0.5, 0.6) is 0 Å². The van der Waals surface area contributed by atoms with E-state index in [1.807, 2.05) is 6.92 Å². The maximum absolute atomic E-state index is 11.8. The van der Waals surface area contributed by atoms with E-state index in [-0.39, 0.29) is 12.0 Å². The second-order valence-corrected chi connectivity index (χ2v) is 5.03. The minimum absolute atomic E-state index is 0.196. The number of thioether (sulfide) groups is 1. The highest BCUT2D eigenvalue weighted by Gasteiger charge is 2.18. The Morgan fingerprint density at radius 3 is 2.84 bits per heavy atom. The first-order valence-corrected chi connectivity index (χ1v) is 7.48. The van der Waals surface area contributed by atoms with Crippen LogP contribution in [0, 0.1) is 6.92 Å². The number of nitrogens with one attached hydrogen (secondary N) is 1. The molecule has 0 saturated heterocycles. The first-order valence-electron chi connectivity index (χ1n) is 6.50. The van der Waals surface area contributed by atoms with Gasteiger partial charge in [-0.05, 0) is 26.3 Å². The molecule has 0 amide bonds. The van der Waals surface area contributed by atoms with Crippen molar-refractivity contribution in [3.63, 3.8) is 0 Å². The van der Waals surface area contributed by atoms with Crippen molar-refractivity contribution in [2.24, 2.45) is 0 Å². The van der Waals surface area contributed by atoms with Gasteiger partial charge in [-0.15, -0.1) is 10.2 Å². The Bertz CT molecular complexity index is 384. The van der Waals surface area contributed by atoms with E-state index in [4.69, 9.17) is 9.15 Å². The fourth-order valence-corrected chi connectivity index (χ4v) is 2.27. The van der Waals surface area contributed by atoms with Crippen molar-refractivity contribution >= 4 is 17.7 Å². The number of aryl methyl sites for hydroxylation is 1. The number of carbonyl (C=O) groups excluding carboxylic acids is 1. The Morgan fingerprint density at radius 2 is 2.26 bits per heavy atom. The van der Waals surface area contributed by atoms with Gasteiger partial charge in [-0.25, -0.2) is 0 Å². The molecular formula is C12H21N3O3S. The zero-order valence-electron chi connectivity index (χ0n) is 11.6. The Labute approximate surface area is 117 Å². The van der Waals surface area contributed by atoms with Crippen molar-refractivity contribution in [2.75, 3.05) is 18.9 Å². The average Bonchev–Trinajstić information content (AvgIpc) is 2.79. The van der Waals surface area contributed by atoms with Gasteiger partial charge in [0, 0.05) is 12.7 Å². The molecule has 0 saturated carbocycles. The second kappa shape index (κ2) is 8.92. The summed E-state index contributed by atoms with van der Waals surface area (Å²) in [7, 11) is 0. The van der Waals surface area contributed by atoms with E-state index in [1.54, 1.807) is 6.92 Å². The van der Waals surface area contributed by atoms with E-state index >= 15 is 0 Å². The summed E-state index contributed by atoms with van der Waals surface area (Å²) in [6, 6.07) is -0.267. The van der Waals surface area contributed by atoms with Crippen molar-refractivity contribution in [3.8, 4) is 0 Å². The zero-order valence-corrected chi connectivity index (χ0v) is 12.5. The van der Waals surface area contributed by atoms with Crippen LogP contribution < -0.4 is 5.32 Å². The Balaban J connectivity index is 2.36. The molecule has 1 heterocycles. The molecule has 0 aliphatic carbocycles. The molecule has 0 aliphatic heterocycles. The molecule has 1 aromatic rings. The van der Waals surface area contributed by atoms with Crippen LogP contribution in [0.15, 0.2) is 9.64 Å². The number of nitrogens with zero attached hydrogens (tertiary/aromatic N) is 2. The van der Waals surface area contributed by atoms with Crippen molar-refractivity contribution < 1.29 is 13.9 Å². The molecule has 0 aromatic carbocycles. The SMILES string of the molecule is CCCNC(CCSc1nnc(C)o1)C(=O)OCC. The monoisotopic (exact) mass is 287 g/mol. The van der Waals surface area contributed by atoms with E-state index in [1.165, 1.54) is 11.8 Å². The second-order valence-electron chi connectivity index (χ2n) is 3.98. The number of carbonyl (C=O) groups is 1. The third kappa shape index (κ3) is 6.07. The number of rotatable bonds is 9. The molecule has 1 rings (SSSR count). The summed E-state index contributed by atoms with van der Waals surface area (Å²) < 4.78 is 10.3. The van der Waals surface area contributed by atoms with Gasteiger partial charge in [-0.3, -0.25) is 4.79 Å². The van der Waals surface area contributed by atoms with Crippen molar-refractivity contribution in [3.05, 3.63) is 5.89 Å². The molecule has 0 spiro atoms. The smallest absolute Gasteiger partial charge is 0.323 e. The maximum atomic E-state index is 11.8. The van der Waals surface area contributed by atoms with Crippen LogP contribution >= 0.6 is 11.8 Å². The van der Waals surface area contributed by atoms with Gasteiger partial charge in [0.25, 0.3) is 5.22 Å². The topological polar surface area (TPSA) is 77.3 Å². The Morgan fingerprint density at radius 1 is 1.47 bits per heavy atom. The molecule has 19 heavy (non-hydrogen) atoms. The summed E-state index contributed by atoms with van der Waals surface area (Å²) in [5, 5.41) is 11.4. The fraction of sp³-hybridized carbons (Fsp3) is 0.750. The number of hydrogen-bond acceptors (Lipinski definition) is 7. The summed E-state index contributed by atoms with van der Waals surface area (Å²) in [5.41, 5.74) is 0. The van der Waals surface area contributed by atoms with E-state index in [0.29, 0.717) is 24.1 Å². The highest BCUT2D eigenvalue weighted by Crippen LogP contribution is 2.17. The van der Waals surface area contributed by atoms with E-state index in [2.05, 4.69) is 22.4 Å². The van der Waals surface area contributed by atoms with Gasteiger partial charge in [-0.1, -0.05) is 18.7 Å². The number of ether oxygens (including phenoxy) is 1. The van der Waals surface area contributed by atoms with Gasteiger partial charge in [-0.2, -0.15) is 0 Å². The molecule has 1 aromatic heterocycles.